The van der Waals surface area contributed by atoms with E-state index in [1.807, 2.05) is 18.3 Å². The third kappa shape index (κ3) is 7.33. The van der Waals surface area contributed by atoms with Crippen molar-refractivity contribution in [2.45, 2.75) is 127 Å². The van der Waals surface area contributed by atoms with Crippen molar-refractivity contribution in [3.63, 3.8) is 0 Å². The van der Waals surface area contributed by atoms with E-state index < -0.39 is 41.3 Å². The van der Waals surface area contributed by atoms with Crippen molar-refractivity contribution >= 4 is 29.5 Å². The Balaban J connectivity index is 1.21. The highest BCUT2D eigenvalue weighted by Gasteiger charge is 2.69. The summed E-state index contributed by atoms with van der Waals surface area (Å²) in [6.07, 6.45) is 16.2. The SMILES string of the molecule is CC1(C)[C@@H]2[C@@H](C(=O)NC(CC3CC3)C(=O)C(N)=O)N(C(=O)[C@@H](NC(=O)NC3(Cc4cccnc4)CCCCC3)C3CCCCC3)C[C@@H]21. The molecule has 5 aliphatic rings. The number of fused-ring (bicyclic) bond motifs is 1. The van der Waals surface area contributed by atoms with Crippen molar-refractivity contribution in [3.8, 4) is 0 Å². The molecule has 6 rings (SSSR count). The third-order valence-corrected chi connectivity index (χ3v) is 12.0. The monoisotopic (exact) mass is 648 g/mol. The summed E-state index contributed by atoms with van der Waals surface area (Å²) in [6.45, 7) is 4.64. The van der Waals surface area contributed by atoms with Gasteiger partial charge in [-0.25, -0.2) is 4.79 Å². The number of nitrogens with zero attached hydrogens (tertiary/aromatic N) is 2. The van der Waals surface area contributed by atoms with E-state index in [4.69, 9.17) is 5.73 Å². The molecule has 1 aromatic heterocycles. The zero-order valence-corrected chi connectivity index (χ0v) is 28.0. The van der Waals surface area contributed by atoms with Crippen LogP contribution in [0.15, 0.2) is 24.5 Å². The molecular formula is C36H52N6O5. The van der Waals surface area contributed by atoms with E-state index in [2.05, 4.69) is 34.8 Å². The van der Waals surface area contributed by atoms with Gasteiger partial charge in [0.1, 0.15) is 12.1 Å². The third-order valence-electron chi connectivity index (χ3n) is 12.0. The molecule has 5 fully saturated rings. The number of piperidine rings is 1. The molecule has 2 heterocycles. The molecule has 5 N–H and O–H groups in total. The Morgan fingerprint density at radius 3 is 2.32 bits per heavy atom. The van der Waals surface area contributed by atoms with Gasteiger partial charge in [-0.2, -0.15) is 0 Å². The summed E-state index contributed by atoms with van der Waals surface area (Å²) in [6, 6.07) is 1.07. The van der Waals surface area contributed by atoms with Gasteiger partial charge in [-0.05, 0) is 79.2 Å². The van der Waals surface area contributed by atoms with Crippen LogP contribution < -0.4 is 21.7 Å². The highest BCUT2D eigenvalue weighted by molar-refractivity contribution is 6.37. The Morgan fingerprint density at radius 1 is 0.979 bits per heavy atom. The van der Waals surface area contributed by atoms with Crippen LogP contribution in [0, 0.1) is 29.1 Å². The van der Waals surface area contributed by atoms with Crippen molar-refractivity contribution in [1.82, 2.24) is 25.8 Å². The second-order valence-electron chi connectivity index (χ2n) is 15.7. The maximum absolute atomic E-state index is 14.6. The molecule has 47 heavy (non-hydrogen) atoms. The number of amides is 5. The number of nitrogens with two attached hydrogens (primary N) is 1. The molecule has 5 amide bonds. The Labute approximate surface area is 277 Å². The van der Waals surface area contributed by atoms with Crippen LogP contribution in [0.5, 0.6) is 0 Å². The number of aromatic nitrogens is 1. The molecule has 11 nitrogen and oxygen atoms in total. The molecule has 1 unspecified atom stereocenters. The first kappa shape index (κ1) is 33.4. The van der Waals surface area contributed by atoms with Gasteiger partial charge < -0.3 is 26.6 Å². The molecule has 1 aromatic rings. The normalized spacial score (nSPS) is 27.5. The summed E-state index contributed by atoms with van der Waals surface area (Å²) >= 11 is 0. The van der Waals surface area contributed by atoms with Crippen molar-refractivity contribution in [2.75, 3.05) is 6.54 Å². The van der Waals surface area contributed by atoms with E-state index in [1.165, 1.54) is 0 Å². The van der Waals surface area contributed by atoms with E-state index in [-0.39, 0.29) is 41.0 Å². The van der Waals surface area contributed by atoms with Gasteiger partial charge in [0.25, 0.3) is 5.91 Å². The molecular weight excluding hydrogens is 596 g/mol. The lowest BCUT2D eigenvalue weighted by molar-refractivity contribution is -0.144. The molecule has 256 valence electrons. The fraction of sp³-hybridized carbons (Fsp3) is 0.722. The van der Waals surface area contributed by atoms with Crippen molar-refractivity contribution in [3.05, 3.63) is 30.1 Å². The maximum atomic E-state index is 14.6. The first-order valence-electron chi connectivity index (χ1n) is 17.9. The number of nitrogens with one attached hydrogen (secondary N) is 3. The van der Waals surface area contributed by atoms with Crippen LogP contribution in [0.4, 0.5) is 4.79 Å². The zero-order chi connectivity index (χ0) is 33.3. The van der Waals surface area contributed by atoms with Gasteiger partial charge in [-0.3, -0.25) is 24.2 Å². The Bertz CT molecular complexity index is 1350. The quantitative estimate of drug-likeness (QED) is 0.254. The Hall–Kier alpha value is -3.50. The minimum atomic E-state index is -1.06. The van der Waals surface area contributed by atoms with Crippen LogP contribution in [-0.4, -0.2) is 69.6 Å². The number of hydrogen-bond donors (Lipinski definition) is 4. The van der Waals surface area contributed by atoms with Crippen molar-refractivity contribution < 1.29 is 24.0 Å². The summed E-state index contributed by atoms with van der Waals surface area (Å²) in [4.78, 5) is 73.0. The van der Waals surface area contributed by atoms with Gasteiger partial charge in [0, 0.05) is 24.5 Å². The van der Waals surface area contributed by atoms with E-state index in [0.29, 0.717) is 19.4 Å². The second kappa shape index (κ2) is 13.5. The van der Waals surface area contributed by atoms with Gasteiger partial charge in [-0.1, -0.05) is 71.3 Å². The minimum Gasteiger partial charge on any atom is -0.363 e. The van der Waals surface area contributed by atoms with Crippen LogP contribution in [0.2, 0.25) is 0 Å². The van der Waals surface area contributed by atoms with Crippen molar-refractivity contribution in [1.29, 1.82) is 0 Å². The molecule has 0 spiro atoms. The van der Waals surface area contributed by atoms with Crippen LogP contribution in [0.25, 0.3) is 0 Å². The van der Waals surface area contributed by atoms with E-state index in [1.54, 1.807) is 11.1 Å². The smallest absolute Gasteiger partial charge is 0.315 e. The molecule has 0 bridgehead atoms. The molecule has 0 aromatic carbocycles. The van der Waals surface area contributed by atoms with E-state index in [9.17, 15) is 24.0 Å². The number of urea groups is 1. The number of Topliss-reactive ketones (excluding diaryl/α,β-unsaturated/α-hetero) is 1. The number of hydrogen-bond acceptors (Lipinski definition) is 6. The molecule has 4 aliphatic carbocycles. The number of carbonyl (C=O) groups is 5. The lowest BCUT2D eigenvalue weighted by atomic mass is 9.77. The maximum Gasteiger partial charge on any atom is 0.315 e. The minimum absolute atomic E-state index is 0.0321. The Morgan fingerprint density at radius 2 is 1.68 bits per heavy atom. The van der Waals surface area contributed by atoms with Crippen LogP contribution >= 0.6 is 0 Å². The number of carbonyl (C=O) groups excluding carboxylic acids is 5. The summed E-state index contributed by atoms with van der Waals surface area (Å²) < 4.78 is 0. The van der Waals surface area contributed by atoms with Crippen LogP contribution in [0.3, 0.4) is 0 Å². The standard InChI is InChI=1S/C36H52N6O5/c1-35(2)25-21-42(29(27(25)35)32(45)39-26(18-22-13-14-22)30(43)31(37)44)33(46)28(24-11-5-3-6-12-24)40-34(47)41-36(15-7-4-8-16-36)19-23-10-9-17-38-20-23/h9-10,17,20,22,24-29H,3-8,11-16,18-19,21H2,1-2H3,(H2,37,44)(H,39,45)(H2,40,41,47)/t25-,26?,27-,28-,29-/m0/s1. The molecule has 5 atom stereocenters. The number of primary amides is 1. The second-order valence-corrected chi connectivity index (χ2v) is 15.7. The highest BCUT2D eigenvalue weighted by atomic mass is 16.2. The van der Waals surface area contributed by atoms with Crippen LogP contribution in [-0.2, 0) is 25.6 Å². The van der Waals surface area contributed by atoms with E-state index in [0.717, 1.165) is 82.6 Å². The van der Waals surface area contributed by atoms with Gasteiger partial charge in [0.15, 0.2) is 0 Å². The van der Waals surface area contributed by atoms with Gasteiger partial charge in [0.05, 0.1) is 6.04 Å². The first-order valence-corrected chi connectivity index (χ1v) is 17.9. The average Bonchev–Trinajstić information content (AvgIpc) is 3.91. The number of rotatable bonds is 12. The zero-order valence-electron chi connectivity index (χ0n) is 28.0. The molecule has 0 radical (unpaired) electrons. The average molecular weight is 649 g/mol. The predicted molar refractivity (Wildman–Crippen MR) is 176 cm³/mol. The molecule has 4 saturated carbocycles. The predicted octanol–water partition coefficient (Wildman–Crippen LogP) is 3.40. The molecule has 1 saturated heterocycles. The van der Waals surface area contributed by atoms with Gasteiger partial charge in [0.2, 0.25) is 17.6 Å². The van der Waals surface area contributed by atoms with Gasteiger partial charge in [-0.15, -0.1) is 0 Å². The fourth-order valence-corrected chi connectivity index (χ4v) is 9.07. The Kier molecular flexibility index (Phi) is 9.63. The summed E-state index contributed by atoms with van der Waals surface area (Å²) in [7, 11) is 0. The summed E-state index contributed by atoms with van der Waals surface area (Å²) in [5, 5.41) is 9.30. The topological polar surface area (TPSA) is 164 Å². The summed E-state index contributed by atoms with van der Waals surface area (Å²) in [5.41, 5.74) is 5.86. The molecule has 1 aliphatic heterocycles. The first-order chi connectivity index (χ1) is 22.5. The lowest BCUT2D eigenvalue weighted by Crippen LogP contribution is -2.62. The largest absolute Gasteiger partial charge is 0.363 e. The molecule has 11 heteroatoms. The number of pyridine rings is 1. The lowest BCUT2D eigenvalue weighted by Gasteiger charge is -2.40. The fourth-order valence-electron chi connectivity index (χ4n) is 9.07. The van der Waals surface area contributed by atoms with E-state index >= 15 is 0 Å². The number of ketones is 1. The highest BCUT2D eigenvalue weighted by Crippen LogP contribution is 2.65. The number of likely N-dealkylation sites (tertiary alicyclic amines) is 1. The van der Waals surface area contributed by atoms with Crippen molar-refractivity contribution in [2.24, 2.45) is 34.8 Å². The summed E-state index contributed by atoms with van der Waals surface area (Å²) in [5.74, 6) is -2.19. The van der Waals surface area contributed by atoms with Gasteiger partial charge >= 0.3 is 6.03 Å². The van der Waals surface area contributed by atoms with Crippen LogP contribution in [0.1, 0.15) is 103 Å².